The Balaban J connectivity index is 1.69. The van der Waals surface area contributed by atoms with E-state index in [-0.39, 0.29) is 0 Å². The van der Waals surface area contributed by atoms with Gasteiger partial charge in [-0.15, -0.1) is 0 Å². The number of H-pyrrole nitrogens is 1. The molecular formula is C19H34N2O2. The summed E-state index contributed by atoms with van der Waals surface area (Å²) < 4.78 is 0. The third kappa shape index (κ3) is 12.9. The minimum atomic E-state index is -0.661. The zero-order valence-corrected chi connectivity index (χ0v) is 14.6. The monoisotopic (exact) mass is 322 g/mol. The number of aromatic nitrogens is 2. The first-order valence-corrected chi connectivity index (χ1v) is 9.49. The Morgan fingerprint density at radius 3 is 1.74 bits per heavy atom. The molecule has 1 heterocycles. The molecule has 132 valence electrons. The number of aromatic amines is 1. The molecule has 0 radical (unpaired) electrons. The molecule has 1 aromatic rings. The molecule has 0 aliphatic heterocycles. The largest absolute Gasteiger partial charge is 0.481 e. The topological polar surface area (TPSA) is 66.0 Å². The highest BCUT2D eigenvalue weighted by Gasteiger charge is 1.97. The van der Waals surface area contributed by atoms with Crippen LogP contribution < -0.4 is 0 Å². The van der Waals surface area contributed by atoms with Crippen molar-refractivity contribution in [3.8, 4) is 0 Å². The molecule has 0 saturated heterocycles. The number of carboxylic acid groups (broad SMARTS) is 1. The van der Waals surface area contributed by atoms with Crippen LogP contribution in [0.15, 0.2) is 12.4 Å². The Morgan fingerprint density at radius 2 is 1.30 bits per heavy atom. The van der Waals surface area contributed by atoms with Gasteiger partial charge < -0.3 is 10.1 Å². The Bertz CT molecular complexity index is 377. The maximum Gasteiger partial charge on any atom is 0.303 e. The summed E-state index contributed by atoms with van der Waals surface area (Å²) in [6.45, 7) is 0. The van der Waals surface area contributed by atoms with Crippen LogP contribution in [-0.4, -0.2) is 21.0 Å². The van der Waals surface area contributed by atoms with Gasteiger partial charge in [-0.05, 0) is 12.8 Å². The van der Waals surface area contributed by atoms with E-state index in [0.29, 0.717) is 6.42 Å². The normalized spacial score (nSPS) is 11.0. The van der Waals surface area contributed by atoms with Crippen LogP contribution in [0.5, 0.6) is 0 Å². The summed E-state index contributed by atoms with van der Waals surface area (Å²) in [5.74, 6) is 0.457. The molecule has 0 amide bonds. The van der Waals surface area contributed by atoms with Crippen LogP contribution in [0, 0.1) is 0 Å². The molecule has 1 rings (SSSR count). The van der Waals surface area contributed by atoms with E-state index in [0.717, 1.165) is 25.1 Å². The number of nitrogens with one attached hydrogen (secondary N) is 1. The molecule has 0 fully saturated rings. The van der Waals surface area contributed by atoms with Gasteiger partial charge in [-0.2, -0.15) is 0 Å². The van der Waals surface area contributed by atoms with Crippen molar-refractivity contribution in [3.63, 3.8) is 0 Å². The van der Waals surface area contributed by atoms with E-state index in [1.165, 1.54) is 70.6 Å². The first kappa shape index (κ1) is 19.7. The molecule has 4 heteroatoms. The Morgan fingerprint density at radius 1 is 0.826 bits per heavy atom. The highest BCUT2D eigenvalue weighted by molar-refractivity contribution is 5.66. The van der Waals surface area contributed by atoms with E-state index in [1.807, 2.05) is 12.4 Å². The van der Waals surface area contributed by atoms with Crippen molar-refractivity contribution in [2.24, 2.45) is 0 Å². The van der Waals surface area contributed by atoms with Gasteiger partial charge in [0, 0.05) is 25.2 Å². The number of aryl methyl sites for hydroxylation is 1. The Hall–Kier alpha value is -1.32. The fourth-order valence-corrected chi connectivity index (χ4v) is 2.95. The van der Waals surface area contributed by atoms with Gasteiger partial charge in [0.05, 0.1) is 0 Å². The Kier molecular flexibility index (Phi) is 12.3. The summed E-state index contributed by atoms with van der Waals surface area (Å²) in [6, 6.07) is 0. The second-order valence-electron chi connectivity index (χ2n) is 6.53. The van der Waals surface area contributed by atoms with Crippen molar-refractivity contribution in [3.05, 3.63) is 18.2 Å². The van der Waals surface area contributed by atoms with Crippen molar-refractivity contribution in [1.82, 2.24) is 9.97 Å². The molecule has 0 aromatic carbocycles. The van der Waals surface area contributed by atoms with Crippen LogP contribution in [-0.2, 0) is 11.2 Å². The molecule has 0 aliphatic carbocycles. The lowest BCUT2D eigenvalue weighted by atomic mass is 10.0. The number of hydrogen-bond acceptors (Lipinski definition) is 2. The number of carboxylic acids is 1. The molecule has 0 bridgehead atoms. The number of nitrogens with zero attached hydrogens (tertiary/aromatic N) is 1. The number of hydrogen-bond donors (Lipinski definition) is 2. The minimum Gasteiger partial charge on any atom is -0.481 e. The quantitative estimate of drug-likeness (QED) is 0.395. The van der Waals surface area contributed by atoms with E-state index in [2.05, 4.69) is 9.97 Å². The van der Waals surface area contributed by atoms with Crippen molar-refractivity contribution < 1.29 is 9.90 Å². The molecule has 0 aliphatic rings. The molecule has 0 atom stereocenters. The summed E-state index contributed by atoms with van der Waals surface area (Å²) in [4.78, 5) is 17.8. The number of unbranched alkanes of at least 4 members (excludes halogenated alkanes) is 12. The van der Waals surface area contributed by atoms with E-state index < -0.39 is 5.97 Å². The first-order valence-electron chi connectivity index (χ1n) is 9.49. The van der Waals surface area contributed by atoms with Crippen molar-refractivity contribution in [2.75, 3.05) is 0 Å². The van der Waals surface area contributed by atoms with Gasteiger partial charge in [0.2, 0.25) is 0 Å². The SMILES string of the molecule is O=C(O)CCCCCCCCCCCCCCCc1ncc[nH]1. The van der Waals surface area contributed by atoms with Gasteiger partial charge in [0.1, 0.15) is 5.82 Å². The van der Waals surface area contributed by atoms with Gasteiger partial charge >= 0.3 is 5.97 Å². The van der Waals surface area contributed by atoms with Gasteiger partial charge in [0.15, 0.2) is 0 Å². The summed E-state index contributed by atoms with van der Waals surface area (Å²) in [7, 11) is 0. The second kappa shape index (κ2) is 14.3. The van der Waals surface area contributed by atoms with Gasteiger partial charge in [0.25, 0.3) is 0 Å². The molecule has 4 nitrogen and oxygen atoms in total. The van der Waals surface area contributed by atoms with Crippen molar-refractivity contribution >= 4 is 5.97 Å². The maximum atomic E-state index is 10.4. The standard InChI is InChI=1S/C19H34N2O2/c22-19(23)15-13-11-9-7-5-3-1-2-4-6-8-10-12-14-18-20-16-17-21-18/h16-17H,1-15H2,(H,20,21)(H,22,23). The smallest absolute Gasteiger partial charge is 0.303 e. The molecule has 1 aromatic heterocycles. The number of aliphatic carboxylic acids is 1. The predicted molar refractivity (Wildman–Crippen MR) is 94.6 cm³/mol. The fourth-order valence-electron chi connectivity index (χ4n) is 2.95. The minimum absolute atomic E-state index is 0.335. The lowest BCUT2D eigenvalue weighted by Gasteiger charge is -2.03. The Labute approximate surface area is 141 Å². The average molecular weight is 322 g/mol. The molecular weight excluding hydrogens is 288 g/mol. The van der Waals surface area contributed by atoms with E-state index in [1.54, 1.807) is 0 Å². The molecule has 0 unspecified atom stereocenters. The maximum absolute atomic E-state index is 10.4. The van der Waals surface area contributed by atoms with Crippen LogP contribution in [0.3, 0.4) is 0 Å². The van der Waals surface area contributed by atoms with Crippen LogP contribution in [0.4, 0.5) is 0 Å². The number of imidazole rings is 1. The van der Waals surface area contributed by atoms with Crippen molar-refractivity contribution in [1.29, 1.82) is 0 Å². The van der Waals surface area contributed by atoms with Gasteiger partial charge in [-0.1, -0.05) is 70.6 Å². The number of carbonyl (C=O) groups is 1. The highest BCUT2D eigenvalue weighted by Crippen LogP contribution is 2.13. The molecule has 2 N–H and O–H groups in total. The van der Waals surface area contributed by atoms with Gasteiger partial charge in [-0.3, -0.25) is 4.79 Å². The first-order chi connectivity index (χ1) is 11.3. The summed E-state index contributed by atoms with van der Waals surface area (Å²) >= 11 is 0. The third-order valence-corrected chi connectivity index (χ3v) is 4.36. The molecule has 0 saturated carbocycles. The summed E-state index contributed by atoms with van der Waals surface area (Å²) in [6.07, 6.45) is 21.6. The van der Waals surface area contributed by atoms with Crippen LogP contribution in [0.2, 0.25) is 0 Å². The average Bonchev–Trinajstić information content (AvgIpc) is 3.04. The van der Waals surface area contributed by atoms with E-state index in [4.69, 9.17) is 5.11 Å². The van der Waals surface area contributed by atoms with E-state index >= 15 is 0 Å². The summed E-state index contributed by atoms with van der Waals surface area (Å²) in [5, 5.41) is 8.54. The van der Waals surface area contributed by atoms with Crippen LogP contribution in [0.25, 0.3) is 0 Å². The predicted octanol–water partition coefficient (Wildman–Crippen LogP) is 5.50. The molecule has 0 spiro atoms. The van der Waals surface area contributed by atoms with Crippen LogP contribution >= 0.6 is 0 Å². The van der Waals surface area contributed by atoms with Crippen molar-refractivity contribution in [2.45, 2.75) is 96.3 Å². The van der Waals surface area contributed by atoms with Gasteiger partial charge in [-0.25, -0.2) is 4.98 Å². The zero-order valence-electron chi connectivity index (χ0n) is 14.6. The molecule has 23 heavy (non-hydrogen) atoms. The van der Waals surface area contributed by atoms with E-state index in [9.17, 15) is 4.79 Å². The number of rotatable bonds is 16. The fraction of sp³-hybridized carbons (Fsp3) is 0.789. The van der Waals surface area contributed by atoms with Crippen LogP contribution in [0.1, 0.15) is 95.7 Å². The second-order valence-corrected chi connectivity index (χ2v) is 6.53. The lowest BCUT2D eigenvalue weighted by Crippen LogP contribution is -1.93. The lowest BCUT2D eigenvalue weighted by molar-refractivity contribution is -0.137. The highest BCUT2D eigenvalue weighted by atomic mass is 16.4. The third-order valence-electron chi connectivity index (χ3n) is 4.36. The summed E-state index contributed by atoms with van der Waals surface area (Å²) in [5.41, 5.74) is 0. The zero-order chi connectivity index (χ0) is 16.6.